The summed E-state index contributed by atoms with van der Waals surface area (Å²) in [6.07, 6.45) is 1.93. The average molecular weight is 384 g/mol. The number of ether oxygens (including phenoxy) is 1. The monoisotopic (exact) mass is 383 g/mol. The first-order chi connectivity index (χ1) is 13.2. The van der Waals surface area contributed by atoms with Gasteiger partial charge in [0.1, 0.15) is 5.75 Å². The van der Waals surface area contributed by atoms with Crippen molar-refractivity contribution < 1.29 is 4.74 Å². The van der Waals surface area contributed by atoms with Crippen LogP contribution in [-0.2, 0) is 13.1 Å². The van der Waals surface area contributed by atoms with E-state index in [1.165, 1.54) is 0 Å². The van der Waals surface area contributed by atoms with Crippen LogP contribution < -0.4 is 15.4 Å². The van der Waals surface area contributed by atoms with Crippen LogP contribution in [0, 0.1) is 0 Å². The second-order valence-electron chi connectivity index (χ2n) is 5.82. The summed E-state index contributed by atoms with van der Waals surface area (Å²) in [5.41, 5.74) is 2.90. The quantitative estimate of drug-likeness (QED) is 0.506. The van der Waals surface area contributed by atoms with Crippen molar-refractivity contribution in [2.75, 3.05) is 14.2 Å². The molecule has 0 aliphatic carbocycles. The molecule has 27 heavy (non-hydrogen) atoms. The number of guanidine groups is 1. The first kappa shape index (κ1) is 18.8. The van der Waals surface area contributed by atoms with E-state index < -0.39 is 0 Å². The lowest BCUT2D eigenvalue weighted by Gasteiger charge is -2.11. The highest BCUT2D eigenvalue weighted by Crippen LogP contribution is 2.15. The highest BCUT2D eigenvalue weighted by atomic mass is 35.5. The number of benzene rings is 2. The minimum Gasteiger partial charge on any atom is -0.497 e. The van der Waals surface area contributed by atoms with Crippen LogP contribution >= 0.6 is 11.6 Å². The zero-order chi connectivity index (χ0) is 19.1. The van der Waals surface area contributed by atoms with Gasteiger partial charge in [0, 0.05) is 24.8 Å². The number of aromatic nitrogens is 2. The van der Waals surface area contributed by atoms with Gasteiger partial charge < -0.3 is 15.4 Å². The maximum Gasteiger partial charge on any atom is 0.191 e. The van der Waals surface area contributed by atoms with E-state index in [1.54, 1.807) is 14.2 Å². The van der Waals surface area contributed by atoms with E-state index in [-0.39, 0.29) is 0 Å². The van der Waals surface area contributed by atoms with Crippen molar-refractivity contribution in [1.29, 1.82) is 0 Å². The summed E-state index contributed by atoms with van der Waals surface area (Å²) >= 11 is 6.18. The summed E-state index contributed by atoms with van der Waals surface area (Å²) in [5, 5.41) is 11.8. The molecular weight excluding hydrogens is 362 g/mol. The first-order valence-corrected chi connectivity index (χ1v) is 8.94. The average Bonchev–Trinajstić information content (AvgIpc) is 3.18. The zero-order valence-corrected chi connectivity index (χ0v) is 16.1. The van der Waals surface area contributed by atoms with E-state index in [2.05, 4.69) is 20.7 Å². The number of methoxy groups -OCH3 is 1. The number of hydrogen-bond donors (Lipinski definition) is 2. The minimum atomic E-state index is 0.561. The Labute approximate surface area is 163 Å². The van der Waals surface area contributed by atoms with Gasteiger partial charge in [-0.15, -0.1) is 0 Å². The Bertz CT molecular complexity index is 905. The molecule has 1 aromatic heterocycles. The third-order valence-electron chi connectivity index (χ3n) is 4.05. The standard InChI is InChI=1S/C20H22ClN5O/c1-22-20(23-13-15-5-3-4-6-19(15)21)24-14-16-11-12-26(25-16)17-7-9-18(27-2)10-8-17/h3-12H,13-14H2,1-2H3,(H2,22,23,24). The van der Waals surface area contributed by atoms with Gasteiger partial charge in [-0.25, -0.2) is 4.68 Å². The highest BCUT2D eigenvalue weighted by Gasteiger charge is 2.05. The smallest absolute Gasteiger partial charge is 0.191 e. The molecule has 0 saturated carbocycles. The Kier molecular flexibility index (Phi) is 6.33. The van der Waals surface area contributed by atoms with Crippen molar-refractivity contribution >= 4 is 17.6 Å². The normalized spacial score (nSPS) is 11.3. The van der Waals surface area contributed by atoms with Gasteiger partial charge in [-0.2, -0.15) is 5.10 Å². The molecule has 0 fully saturated rings. The van der Waals surface area contributed by atoms with Gasteiger partial charge in [0.15, 0.2) is 5.96 Å². The Hall–Kier alpha value is -2.99. The summed E-state index contributed by atoms with van der Waals surface area (Å²) in [5.74, 6) is 1.51. The van der Waals surface area contributed by atoms with Gasteiger partial charge in [0.25, 0.3) is 0 Å². The number of rotatable bonds is 6. The summed E-state index contributed by atoms with van der Waals surface area (Å²) in [4.78, 5) is 4.23. The van der Waals surface area contributed by atoms with Crippen molar-refractivity contribution in [3.05, 3.63) is 77.1 Å². The first-order valence-electron chi connectivity index (χ1n) is 8.56. The fourth-order valence-electron chi connectivity index (χ4n) is 2.55. The van der Waals surface area contributed by atoms with Gasteiger partial charge in [-0.05, 0) is 42.0 Å². The predicted octanol–water partition coefficient (Wildman–Crippen LogP) is 3.40. The van der Waals surface area contributed by atoms with Crippen molar-refractivity contribution in [3.8, 4) is 11.4 Å². The molecule has 6 nitrogen and oxygen atoms in total. The fourth-order valence-corrected chi connectivity index (χ4v) is 2.75. The number of halogens is 1. The molecule has 0 saturated heterocycles. The van der Waals surface area contributed by atoms with Crippen LogP contribution in [0.15, 0.2) is 65.8 Å². The molecule has 3 aromatic rings. The van der Waals surface area contributed by atoms with Gasteiger partial charge in [-0.1, -0.05) is 29.8 Å². The van der Waals surface area contributed by atoms with Crippen LogP contribution in [0.2, 0.25) is 5.02 Å². The summed E-state index contributed by atoms with van der Waals surface area (Å²) in [6.45, 7) is 1.16. The van der Waals surface area contributed by atoms with Crippen LogP contribution in [0.5, 0.6) is 5.75 Å². The molecule has 0 aliphatic heterocycles. The van der Waals surface area contributed by atoms with Gasteiger partial charge in [0.05, 0.1) is 25.0 Å². The van der Waals surface area contributed by atoms with E-state index in [0.29, 0.717) is 19.0 Å². The molecule has 0 radical (unpaired) electrons. The molecule has 3 rings (SSSR count). The van der Waals surface area contributed by atoms with E-state index >= 15 is 0 Å². The summed E-state index contributed by atoms with van der Waals surface area (Å²) in [6, 6.07) is 17.5. The molecule has 0 amide bonds. The number of nitrogens with zero attached hydrogens (tertiary/aromatic N) is 3. The van der Waals surface area contributed by atoms with Crippen molar-refractivity contribution in [2.45, 2.75) is 13.1 Å². The maximum absolute atomic E-state index is 6.18. The van der Waals surface area contributed by atoms with Gasteiger partial charge in [-0.3, -0.25) is 4.99 Å². The van der Waals surface area contributed by atoms with E-state index in [1.807, 2.05) is 65.5 Å². The molecule has 2 N–H and O–H groups in total. The summed E-state index contributed by atoms with van der Waals surface area (Å²) < 4.78 is 7.01. The fraction of sp³-hybridized carbons (Fsp3) is 0.200. The molecule has 0 atom stereocenters. The lowest BCUT2D eigenvalue weighted by molar-refractivity contribution is 0.414. The molecular formula is C20H22ClN5O. The van der Waals surface area contributed by atoms with Gasteiger partial charge >= 0.3 is 0 Å². The number of hydrogen-bond acceptors (Lipinski definition) is 3. The van der Waals surface area contributed by atoms with E-state index in [0.717, 1.165) is 27.7 Å². The lowest BCUT2D eigenvalue weighted by Crippen LogP contribution is -2.36. The number of nitrogens with one attached hydrogen (secondary N) is 2. The molecule has 0 spiro atoms. The molecule has 140 valence electrons. The van der Waals surface area contributed by atoms with E-state index in [4.69, 9.17) is 16.3 Å². The van der Waals surface area contributed by atoms with Crippen LogP contribution in [0.25, 0.3) is 5.69 Å². The minimum absolute atomic E-state index is 0.561. The van der Waals surface area contributed by atoms with Crippen LogP contribution in [0.1, 0.15) is 11.3 Å². The van der Waals surface area contributed by atoms with Crippen LogP contribution in [-0.4, -0.2) is 29.9 Å². The third kappa shape index (κ3) is 5.01. The van der Waals surface area contributed by atoms with Crippen LogP contribution in [0.4, 0.5) is 0 Å². The second kappa shape index (κ2) is 9.09. The van der Waals surface area contributed by atoms with Gasteiger partial charge in [0.2, 0.25) is 0 Å². The van der Waals surface area contributed by atoms with Crippen molar-refractivity contribution in [3.63, 3.8) is 0 Å². The molecule has 0 bridgehead atoms. The summed E-state index contributed by atoms with van der Waals surface area (Å²) in [7, 11) is 3.39. The molecule has 0 unspecified atom stereocenters. The predicted molar refractivity (Wildman–Crippen MR) is 109 cm³/mol. The number of aliphatic imine (C=N–C) groups is 1. The van der Waals surface area contributed by atoms with Crippen LogP contribution in [0.3, 0.4) is 0 Å². The molecule has 0 aliphatic rings. The second-order valence-corrected chi connectivity index (χ2v) is 6.23. The largest absolute Gasteiger partial charge is 0.497 e. The topological polar surface area (TPSA) is 63.5 Å². The van der Waals surface area contributed by atoms with Crippen molar-refractivity contribution in [1.82, 2.24) is 20.4 Å². The zero-order valence-electron chi connectivity index (χ0n) is 15.3. The molecule has 7 heteroatoms. The Morgan fingerprint density at radius 3 is 2.52 bits per heavy atom. The Balaban J connectivity index is 1.55. The van der Waals surface area contributed by atoms with Crippen molar-refractivity contribution in [2.24, 2.45) is 4.99 Å². The maximum atomic E-state index is 6.18. The SMILES string of the molecule is CN=C(NCc1ccn(-c2ccc(OC)cc2)n1)NCc1ccccc1Cl. The Morgan fingerprint density at radius 1 is 1.07 bits per heavy atom. The molecule has 1 heterocycles. The van der Waals surface area contributed by atoms with E-state index in [9.17, 15) is 0 Å². The highest BCUT2D eigenvalue weighted by molar-refractivity contribution is 6.31. The lowest BCUT2D eigenvalue weighted by atomic mass is 10.2. The third-order valence-corrected chi connectivity index (χ3v) is 4.41. The molecule has 2 aromatic carbocycles. The Morgan fingerprint density at radius 2 is 1.81 bits per heavy atom.